The smallest absolute Gasteiger partial charge is 0 e. The second kappa shape index (κ2) is 3.86. The number of rotatable bonds is 0. The Morgan fingerprint density at radius 1 is 0.500 bits per heavy atom. The van der Waals surface area contributed by atoms with Crippen molar-refractivity contribution in [2.75, 3.05) is 0 Å². The summed E-state index contributed by atoms with van der Waals surface area (Å²) in [6.45, 7) is 0. The summed E-state index contributed by atoms with van der Waals surface area (Å²) in [5, 5.41) is 0. The summed E-state index contributed by atoms with van der Waals surface area (Å²) in [5.41, 5.74) is 0. The van der Waals surface area contributed by atoms with E-state index in [0.29, 0.717) is 0 Å². The van der Waals surface area contributed by atoms with Gasteiger partial charge in [0.05, 0.1) is 0 Å². The summed E-state index contributed by atoms with van der Waals surface area (Å²) in [4.78, 5) is 0. The van der Waals surface area contributed by atoms with Crippen LogP contribution in [-0.2, 0) is 21.1 Å². The number of hydrogen-bond donors (Lipinski definition) is 0. The van der Waals surface area contributed by atoms with Crippen molar-refractivity contribution < 1.29 is 21.1 Å². The Morgan fingerprint density at radius 2 is 0.667 bits per heavy atom. The molecule has 0 aromatic heterocycles. The maximum Gasteiger partial charge on any atom is 0 e. The average molecular weight is 265 g/mol. The van der Waals surface area contributed by atoms with E-state index in [9.17, 15) is 0 Å². The minimum atomic E-state index is 0. The van der Waals surface area contributed by atoms with Crippen LogP contribution in [0.5, 0.6) is 0 Å². The molecule has 0 amide bonds. The fourth-order valence-corrected chi connectivity index (χ4v) is 0.884. The van der Waals surface area contributed by atoms with E-state index in [1.165, 1.54) is 32.1 Å². The normalized spacial score (nSPS) is 20.0. The molecule has 1 saturated carbocycles. The standard InChI is InChI=1S/C5H10.Pt/c1-2-4-5-3-1;/h1-5H2;. The first-order chi connectivity index (χ1) is 2.50. The van der Waals surface area contributed by atoms with E-state index >= 15 is 0 Å². The monoisotopic (exact) mass is 265 g/mol. The molecular formula is C5H10Pt. The SMILES string of the molecule is C1CCCC1.[Pt]. The molecule has 0 aliphatic heterocycles. The molecule has 1 heteroatoms. The van der Waals surface area contributed by atoms with E-state index in [1.54, 1.807) is 0 Å². The molecule has 0 aromatic rings. The Balaban J connectivity index is 0.000000250. The van der Waals surface area contributed by atoms with Gasteiger partial charge in [-0.15, -0.1) is 0 Å². The fourth-order valence-electron chi connectivity index (χ4n) is 0.884. The maximum atomic E-state index is 1.50. The van der Waals surface area contributed by atoms with Gasteiger partial charge in [0.2, 0.25) is 0 Å². The first-order valence-corrected chi connectivity index (χ1v) is 2.50. The summed E-state index contributed by atoms with van der Waals surface area (Å²) in [6.07, 6.45) is 7.50. The average Bonchev–Trinajstić information content (AvgIpc) is 1.76. The molecule has 0 N–H and O–H groups in total. The van der Waals surface area contributed by atoms with Crippen LogP contribution in [0.1, 0.15) is 32.1 Å². The minimum Gasteiger partial charge on any atom is -0.0533 e. The molecule has 0 spiro atoms. The first kappa shape index (κ1) is 6.69. The van der Waals surface area contributed by atoms with Crippen molar-refractivity contribution in [1.29, 1.82) is 0 Å². The molecule has 40 valence electrons. The molecule has 0 saturated heterocycles. The molecule has 0 bridgehead atoms. The van der Waals surface area contributed by atoms with Gasteiger partial charge in [-0.2, -0.15) is 0 Å². The summed E-state index contributed by atoms with van der Waals surface area (Å²) in [7, 11) is 0. The van der Waals surface area contributed by atoms with E-state index in [-0.39, 0.29) is 21.1 Å². The predicted octanol–water partition coefficient (Wildman–Crippen LogP) is 1.95. The van der Waals surface area contributed by atoms with Crippen LogP contribution in [0.3, 0.4) is 0 Å². The van der Waals surface area contributed by atoms with Crippen molar-refractivity contribution in [1.82, 2.24) is 0 Å². The predicted molar refractivity (Wildman–Crippen MR) is 23.1 cm³/mol. The molecule has 6 heavy (non-hydrogen) atoms. The Labute approximate surface area is 53.6 Å². The first-order valence-electron chi connectivity index (χ1n) is 2.50. The zero-order valence-electron chi connectivity index (χ0n) is 3.85. The third-order valence-corrected chi connectivity index (χ3v) is 1.25. The van der Waals surface area contributed by atoms with Crippen molar-refractivity contribution in [3.8, 4) is 0 Å². The number of hydrogen-bond acceptors (Lipinski definition) is 0. The zero-order valence-corrected chi connectivity index (χ0v) is 6.12. The van der Waals surface area contributed by atoms with Gasteiger partial charge < -0.3 is 0 Å². The minimum absolute atomic E-state index is 0. The van der Waals surface area contributed by atoms with E-state index < -0.39 is 0 Å². The van der Waals surface area contributed by atoms with Gasteiger partial charge in [0, 0.05) is 21.1 Å². The van der Waals surface area contributed by atoms with Gasteiger partial charge in [-0.3, -0.25) is 0 Å². The van der Waals surface area contributed by atoms with Crippen LogP contribution in [0, 0.1) is 0 Å². The molecule has 0 nitrogen and oxygen atoms in total. The van der Waals surface area contributed by atoms with Gasteiger partial charge in [-0.1, -0.05) is 32.1 Å². The molecular weight excluding hydrogens is 255 g/mol. The molecule has 0 unspecified atom stereocenters. The largest absolute Gasteiger partial charge is 0.0533 e. The van der Waals surface area contributed by atoms with Crippen LogP contribution in [0.4, 0.5) is 0 Å². The van der Waals surface area contributed by atoms with Crippen LogP contribution in [-0.4, -0.2) is 0 Å². The quantitative estimate of drug-likeness (QED) is 0.628. The third-order valence-electron chi connectivity index (χ3n) is 1.25. The van der Waals surface area contributed by atoms with E-state index in [0.717, 1.165) is 0 Å². The molecule has 0 radical (unpaired) electrons. The van der Waals surface area contributed by atoms with Gasteiger partial charge >= 0.3 is 0 Å². The summed E-state index contributed by atoms with van der Waals surface area (Å²) in [5.74, 6) is 0. The molecule has 1 aliphatic rings. The van der Waals surface area contributed by atoms with Crippen LogP contribution >= 0.6 is 0 Å². The summed E-state index contributed by atoms with van der Waals surface area (Å²) < 4.78 is 0. The molecule has 1 aliphatic carbocycles. The maximum absolute atomic E-state index is 1.50. The van der Waals surface area contributed by atoms with Crippen LogP contribution in [0.2, 0.25) is 0 Å². The van der Waals surface area contributed by atoms with E-state index in [2.05, 4.69) is 0 Å². The van der Waals surface area contributed by atoms with Gasteiger partial charge in [0.1, 0.15) is 0 Å². The Morgan fingerprint density at radius 3 is 0.833 bits per heavy atom. The molecule has 1 rings (SSSR count). The van der Waals surface area contributed by atoms with Crippen molar-refractivity contribution in [2.45, 2.75) is 32.1 Å². The summed E-state index contributed by atoms with van der Waals surface area (Å²) in [6, 6.07) is 0. The van der Waals surface area contributed by atoms with Gasteiger partial charge in [0.25, 0.3) is 0 Å². The molecule has 1 fully saturated rings. The van der Waals surface area contributed by atoms with Gasteiger partial charge in [-0.05, 0) is 0 Å². The van der Waals surface area contributed by atoms with Crippen molar-refractivity contribution in [2.24, 2.45) is 0 Å². The van der Waals surface area contributed by atoms with Crippen LogP contribution in [0.15, 0.2) is 0 Å². The Bertz CT molecular complexity index is 15.5. The Kier molecular flexibility index (Phi) is 4.31. The van der Waals surface area contributed by atoms with Crippen molar-refractivity contribution >= 4 is 0 Å². The fraction of sp³-hybridized carbons (Fsp3) is 1.00. The zero-order chi connectivity index (χ0) is 3.54. The van der Waals surface area contributed by atoms with E-state index in [4.69, 9.17) is 0 Å². The van der Waals surface area contributed by atoms with Crippen LogP contribution < -0.4 is 0 Å². The van der Waals surface area contributed by atoms with Gasteiger partial charge in [0.15, 0.2) is 0 Å². The Hall–Kier alpha value is 0.688. The molecule has 0 heterocycles. The molecule has 0 aromatic carbocycles. The molecule has 0 atom stereocenters. The van der Waals surface area contributed by atoms with Crippen molar-refractivity contribution in [3.05, 3.63) is 0 Å². The second-order valence-corrected chi connectivity index (χ2v) is 1.77. The third kappa shape index (κ3) is 1.97. The van der Waals surface area contributed by atoms with Crippen LogP contribution in [0.25, 0.3) is 0 Å². The summed E-state index contributed by atoms with van der Waals surface area (Å²) >= 11 is 0. The van der Waals surface area contributed by atoms with Gasteiger partial charge in [-0.25, -0.2) is 0 Å². The second-order valence-electron chi connectivity index (χ2n) is 1.77. The topological polar surface area (TPSA) is 0 Å². The van der Waals surface area contributed by atoms with E-state index in [1.807, 2.05) is 0 Å². The van der Waals surface area contributed by atoms with Crippen molar-refractivity contribution in [3.63, 3.8) is 0 Å².